The van der Waals surface area contributed by atoms with Crippen LogP contribution in [0.2, 0.25) is 0 Å². The highest BCUT2D eigenvalue weighted by atomic mass is 35.5. The highest BCUT2D eigenvalue weighted by Crippen LogP contribution is 2.25. The number of carbonyl (C=O) groups is 1. The summed E-state index contributed by atoms with van der Waals surface area (Å²) in [6.07, 6.45) is 0. The summed E-state index contributed by atoms with van der Waals surface area (Å²) in [6.45, 7) is 0.403. The highest BCUT2D eigenvalue weighted by molar-refractivity contribution is 6.18. The van der Waals surface area contributed by atoms with Gasteiger partial charge in [-0.2, -0.15) is 0 Å². The molecule has 0 fully saturated rings. The molecule has 1 aromatic carbocycles. The molecule has 0 amide bonds. The van der Waals surface area contributed by atoms with E-state index in [1.807, 2.05) is 0 Å². The van der Waals surface area contributed by atoms with E-state index in [0.717, 1.165) is 0 Å². The number of anilines is 1. The van der Waals surface area contributed by atoms with Crippen LogP contribution in [-0.2, 0) is 4.74 Å². The number of hydrogen-bond acceptors (Lipinski definition) is 5. The zero-order chi connectivity index (χ0) is 12.8. The smallest absolute Gasteiger partial charge is 0.338 e. The molecule has 17 heavy (non-hydrogen) atoms. The second-order valence-electron chi connectivity index (χ2n) is 3.10. The third-order valence-corrected chi connectivity index (χ3v) is 2.21. The van der Waals surface area contributed by atoms with Gasteiger partial charge in [0.15, 0.2) is 0 Å². The van der Waals surface area contributed by atoms with Crippen molar-refractivity contribution < 1.29 is 14.5 Å². The van der Waals surface area contributed by atoms with E-state index in [-0.39, 0.29) is 11.3 Å². The Kier molecular flexibility index (Phi) is 4.71. The minimum atomic E-state index is -0.614. The van der Waals surface area contributed by atoms with E-state index in [9.17, 15) is 14.9 Å². The summed E-state index contributed by atoms with van der Waals surface area (Å²) in [5.74, 6) is -0.285. The number of methoxy groups -OCH3 is 1. The average molecular weight is 259 g/mol. The molecule has 1 rings (SSSR count). The van der Waals surface area contributed by atoms with Crippen LogP contribution in [0, 0.1) is 10.1 Å². The Morgan fingerprint density at radius 1 is 1.59 bits per heavy atom. The number of nitro groups is 1. The predicted octanol–water partition coefficient (Wildman–Crippen LogP) is 2.03. The fraction of sp³-hybridized carbons (Fsp3) is 0.300. The van der Waals surface area contributed by atoms with Gasteiger partial charge in [-0.25, -0.2) is 4.79 Å². The van der Waals surface area contributed by atoms with Crippen molar-refractivity contribution in [1.82, 2.24) is 0 Å². The zero-order valence-corrected chi connectivity index (χ0v) is 9.86. The molecule has 7 heteroatoms. The van der Waals surface area contributed by atoms with E-state index in [4.69, 9.17) is 11.6 Å². The van der Waals surface area contributed by atoms with Crippen LogP contribution < -0.4 is 5.32 Å². The molecule has 0 aliphatic rings. The lowest BCUT2D eigenvalue weighted by Crippen LogP contribution is -2.07. The van der Waals surface area contributed by atoms with Gasteiger partial charge in [-0.15, -0.1) is 11.6 Å². The van der Waals surface area contributed by atoms with Gasteiger partial charge in [0.2, 0.25) is 0 Å². The van der Waals surface area contributed by atoms with Gasteiger partial charge in [0.1, 0.15) is 5.69 Å². The van der Waals surface area contributed by atoms with Crippen LogP contribution in [-0.4, -0.2) is 30.4 Å². The van der Waals surface area contributed by atoms with Crippen LogP contribution in [0.4, 0.5) is 11.4 Å². The normalized spacial score (nSPS) is 9.76. The maximum absolute atomic E-state index is 11.2. The second kappa shape index (κ2) is 6.05. The number of nitrogens with one attached hydrogen (secondary N) is 1. The zero-order valence-electron chi connectivity index (χ0n) is 9.10. The lowest BCUT2D eigenvalue weighted by molar-refractivity contribution is -0.384. The number of esters is 1. The molecule has 0 saturated heterocycles. The highest BCUT2D eigenvalue weighted by Gasteiger charge is 2.17. The van der Waals surface area contributed by atoms with Gasteiger partial charge < -0.3 is 10.1 Å². The SMILES string of the molecule is COC(=O)c1ccc(NCCCl)c([N+](=O)[O-])c1. The Morgan fingerprint density at radius 3 is 2.82 bits per heavy atom. The monoisotopic (exact) mass is 258 g/mol. The number of alkyl halides is 1. The lowest BCUT2D eigenvalue weighted by Gasteiger charge is -2.06. The van der Waals surface area contributed by atoms with Gasteiger partial charge in [0, 0.05) is 18.5 Å². The van der Waals surface area contributed by atoms with E-state index in [2.05, 4.69) is 10.1 Å². The van der Waals surface area contributed by atoms with Gasteiger partial charge in [-0.3, -0.25) is 10.1 Å². The summed E-state index contributed by atoms with van der Waals surface area (Å²) in [6, 6.07) is 4.08. The van der Waals surface area contributed by atoms with Gasteiger partial charge in [-0.05, 0) is 12.1 Å². The molecule has 0 radical (unpaired) electrons. The largest absolute Gasteiger partial charge is 0.465 e. The van der Waals surface area contributed by atoms with Crippen molar-refractivity contribution in [2.75, 3.05) is 24.9 Å². The Labute approximate surface area is 103 Å². The Hall–Kier alpha value is -1.82. The van der Waals surface area contributed by atoms with Crippen molar-refractivity contribution in [2.45, 2.75) is 0 Å². The van der Waals surface area contributed by atoms with Gasteiger partial charge >= 0.3 is 5.97 Å². The van der Waals surface area contributed by atoms with E-state index >= 15 is 0 Å². The summed E-state index contributed by atoms with van der Waals surface area (Å²) >= 11 is 5.48. The first kappa shape index (κ1) is 13.2. The van der Waals surface area contributed by atoms with Gasteiger partial charge in [0.05, 0.1) is 17.6 Å². The Morgan fingerprint density at radius 2 is 2.29 bits per heavy atom. The van der Waals surface area contributed by atoms with E-state index in [0.29, 0.717) is 18.1 Å². The molecule has 0 unspecified atom stereocenters. The fourth-order valence-electron chi connectivity index (χ4n) is 1.26. The quantitative estimate of drug-likeness (QED) is 0.378. The summed E-state index contributed by atoms with van der Waals surface area (Å²) in [4.78, 5) is 21.5. The molecule has 0 aliphatic heterocycles. The molecule has 92 valence electrons. The third-order valence-electron chi connectivity index (χ3n) is 2.03. The van der Waals surface area contributed by atoms with Crippen molar-refractivity contribution in [2.24, 2.45) is 0 Å². The lowest BCUT2D eigenvalue weighted by atomic mass is 10.1. The minimum Gasteiger partial charge on any atom is -0.465 e. The van der Waals surface area contributed by atoms with Crippen LogP contribution in [0.5, 0.6) is 0 Å². The molecule has 6 nitrogen and oxygen atoms in total. The number of ether oxygens (including phenoxy) is 1. The number of benzene rings is 1. The topological polar surface area (TPSA) is 81.5 Å². The first-order valence-corrected chi connectivity index (χ1v) is 5.30. The van der Waals surface area contributed by atoms with E-state index in [1.54, 1.807) is 0 Å². The minimum absolute atomic E-state index is 0.135. The molecule has 0 heterocycles. The number of nitrogens with zero attached hydrogens (tertiary/aromatic N) is 1. The van der Waals surface area contributed by atoms with E-state index < -0.39 is 10.9 Å². The average Bonchev–Trinajstić information content (AvgIpc) is 2.35. The molecular formula is C10H11ClN2O4. The Bertz CT molecular complexity index is 436. The van der Waals surface area contributed by atoms with Gasteiger partial charge in [-0.1, -0.05) is 0 Å². The molecule has 0 aliphatic carbocycles. The molecule has 0 saturated carbocycles. The predicted molar refractivity (Wildman–Crippen MR) is 63.6 cm³/mol. The molecular weight excluding hydrogens is 248 g/mol. The molecule has 1 N–H and O–H groups in total. The van der Waals surface area contributed by atoms with Crippen LogP contribution in [0.15, 0.2) is 18.2 Å². The number of carbonyl (C=O) groups excluding carboxylic acids is 1. The van der Waals surface area contributed by atoms with Crippen molar-refractivity contribution in [3.63, 3.8) is 0 Å². The summed E-state index contributed by atoms with van der Waals surface area (Å²) in [5, 5.41) is 13.6. The molecule has 0 bridgehead atoms. The summed E-state index contributed by atoms with van der Waals surface area (Å²) < 4.78 is 4.49. The molecule has 0 atom stereocenters. The first-order chi connectivity index (χ1) is 8.10. The van der Waals surface area contributed by atoms with Crippen molar-refractivity contribution >= 4 is 28.9 Å². The number of hydrogen-bond donors (Lipinski definition) is 1. The fourth-order valence-corrected chi connectivity index (χ4v) is 1.35. The van der Waals surface area contributed by atoms with Gasteiger partial charge in [0.25, 0.3) is 5.69 Å². The molecule has 0 aromatic heterocycles. The number of rotatable bonds is 5. The second-order valence-corrected chi connectivity index (χ2v) is 3.47. The number of halogens is 1. The Balaban J connectivity index is 3.08. The first-order valence-electron chi connectivity index (χ1n) is 4.76. The number of nitro benzene ring substituents is 1. The van der Waals surface area contributed by atoms with Crippen molar-refractivity contribution in [3.05, 3.63) is 33.9 Å². The third kappa shape index (κ3) is 3.32. The molecule has 1 aromatic rings. The van der Waals surface area contributed by atoms with Crippen molar-refractivity contribution in [1.29, 1.82) is 0 Å². The maximum Gasteiger partial charge on any atom is 0.338 e. The van der Waals surface area contributed by atoms with E-state index in [1.165, 1.54) is 25.3 Å². The van der Waals surface area contributed by atoms with Crippen LogP contribution in [0.1, 0.15) is 10.4 Å². The van der Waals surface area contributed by atoms with Crippen LogP contribution in [0.3, 0.4) is 0 Å². The summed E-state index contributed by atoms with van der Waals surface area (Å²) in [7, 11) is 1.22. The summed E-state index contributed by atoms with van der Waals surface area (Å²) in [5.41, 5.74) is 0.275. The molecule has 0 spiro atoms. The van der Waals surface area contributed by atoms with Crippen LogP contribution in [0.25, 0.3) is 0 Å². The van der Waals surface area contributed by atoms with Crippen molar-refractivity contribution in [3.8, 4) is 0 Å². The van der Waals surface area contributed by atoms with Crippen LogP contribution >= 0.6 is 11.6 Å². The standard InChI is InChI=1S/C10H11ClN2O4/c1-17-10(14)7-2-3-8(12-5-4-11)9(6-7)13(15)16/h2-3,6,12H,4-5H2,1H3. The maximum atomic E-state index is 11.2.